The van der Waals surface area contributed by atoms with Crippen molar-refractivity contribution in [1.82, 2.24) is 4.57 Å². The first kappa shape index (κ1) is 15.9. The fraction of sp³-hybridized carbons (Fsp3) is 0.312. The summed E-state index contributed by atoms with van der Waals surface area (Å²) < 4.78 is 13.4. The van der Waals surface area contributed by atoms with Gasteiger partial charge in [-0.05, 0) is 59.7 Å². The first-order chi connectivity index (χ1) is 9.90. The number of aryl methyl sites for hydroxylation is 1. The first-order valence-corrected chi connectivity index (χ1v) is 7.57. The van der Waals surface area contributed by atoms with E-state index in [0.29, 0.717) is 0 Å². The van der Waals surface area contributed by atoms with Gasteiger partial charge in [-0.15, -0.1) is 0 Å². The summed E-state index contributed by atoms with van der Waals surface area (Å²) in [5.74, 6) is 1.52. The molecule has 21 heavy (non-hydrogen) atoms. The number of methoxy groups -OCH3 is 2. The summed E-state index contributed by atoms with van der Waals surface area (Å²) in [4.78, 5) is 12.0. The van der Waals surface area contributed by atoms with Crippen LogP contribution < -0.4 is 15.0 Å². The molecule has 0 saturated heterocycles. The Kier molecular flexibility index (Phi) is 4.61. The maximum Gasteiger partial charge on any atom is 0.253 e. The van der Waals surface area contributed by atoms with Gasteiger partial charge < -0.3 is 14.0 Å². The summed E-state index contributed by atoms with van der Waals surface area (Å²) in [7, 11) is 5.04. The number of pyridine rings is 1. The highest BCUT2D eigenvalue weighted by Gasteiger charge is 2.14. The van der Waals surface area contributed by atoms with E-state index >= 15 is 0 Å². The second-order valence-electron chi connectivity index (χ2n) is 4.90. The molecule has 0 aliphatic carbocycles. The van der Waals surface area contributed by atoms with Gasteiger partial charge in [-0.25, -0.2) is 0 Å². The van der Waals surface area contributed by atoms with Gasteiger partial charge in [0.05, 0.1) is 17.8 Å². The molecule has 112 valence electrons. The van der Waals surface area contributed by atoms with Crippen LogP contribution in [0.4, 0.5) is 0 Å². The molecule has 0 atom stereocenters. The SMILES string of the molecule is COc1cc(-c2cn(C)c(=O)c(C)c2C)cc(OC)c1I. The normalized spacial score (nSPS) is 10.6. The summed E-state index contributed by atoms with van der Waals surface area (Å²) in [6, 6.07) is 3.94. The van der Waals surface area contributed by atoms with Gasteiger partial charge in [0, 0.05) is 24.4 Å². The molecule has 0 N–H and O–H groups in total. The molecule has 0 spiro atoms. The van der Waals surface area contributed by atoms with Crippen molar-refractivity contribution in [2.24, 2.45) is 7.05 Å². The maximum atomic E-state index is 12.0. The predicted molar refractivity (Wildman–Crippen MR) is 92.4 cm³/mol. The van der Waals surface area contributed by atoms with Crippen LogP contribution in [0.5, 0.6) is 11.5 Å². The molecule has 2 rings (SSSR count). The number of aromatic nitrogens is 1. The van der Waals surface area contributed by atoms with Crippen molar-refractivity contribution in [3.63, 3.8) is 0 Å². The fourth-order valence-electron chi connectivity index (χ4n) is 2.29. The molecule has 0 aliphatic rings. The zero-order chi connectivity index (χ0) is 15.7. The van der Waals surface area contributed by atoms with Crippen molar-refractivity contribution >= 4 is 22.6 Å². The number of ether oxygens (including phenoxy) is 2. The summed E-state index contributed by atoms with van der Waals surface area (Å²) in [5.41, 5.74) is 3.73. The second-order valence-corrected chi connectivity index (χ2v) is 5.98. The van der Waals surface area contributed by atoms with Crippen molar-refractivity contribution < 1.29 is 9.47 Å². The maximum absolute atomic E-state index is 12.0. The van der Waals surface area contributed by atoms with Gasteiger partial charge in [-0.2, -0.15) is 0 Å². The van der Waals surface area contributed by atoms with Crippen LogP contribution in [-0.2, 0) is 7.05 Å². The van der Waals surface area contributed by atoms with Gasteiger partial charge >= 0.3 is 0 Å². The largest absolute Gasteiger partial charge is 0.495 e. The molecule has 0 unspecified atom stereocenters. The Bertz CT molecular complexity index is 725. The molecule has 0 amide bonds. The average molecular weight is 399 g/mol. The lowest BCUT2D eigenvalue weighted by Crippen LogP contribution is -2.20. The Morgan fingerprint density at radius 3 is 2.05 bits per heavy atom. The van der Waals surface area contributed by atoms with Crippen LogP contribution in [0.25, 0.3) is 11.1 Å². The van der Waals surface area contributed by atoms with E-state index in [1.165, 1.54) is 0 Å². The molecule has 0 bridgehead atoms. The van der Waals surface area contributed by atoms with Crippen molar-refractivity contribution in [1.29, 1.82) is 0 Å². The molecule has 4 nitrogen and oxygen atoms in total. The highest BCUT2D eigenvalue weighted by Crippen LogP contribution is 2.36. The molecule has 0 saturated carbocycles. The number of halogens is 1. The van der Waals surface area contributed by atoms with Crippen LogP contribution in [0.15, 0.2) is 23.1 Å². The van der Waals surface area contributed by atoms with E-state index in [1.807, 2.05) is 32.2 Å². The third-order valence-corrected chi connectivity index (χ3v) is 4.75. The van der Waals surface area contributed by atoms with Gasteiger partial charge in [0.15, 0.2) is 0 Å². The number of hydrogen-bond acceptors (Lipinski definition) is 3. The monoisotopic (exact) mass is 399 g/mol. The predicted octanol–water partition coefficient (Wildman–Crippen LogP) is 3.29. The van der Waals surface area contributed by atoms with Crippen molar-refractivity contribution in [2.45, 2.75) is 13.8 Å². The summed E-state index contributed by atoms with van der Waals surface area (Å²) in [5, 5.41) is 0. The Hall–Kier alpha value is -1.50. The van der Waals surface area contributed by atoms with Gasteiger partial charge in [-0.3, -0.25) is 4.79 Å². The molecule has 2 aromatic rings. The van der Waals surface area contributed by atoms with E-state index in [2.05, 4.69) is 22.6 Å². The molecule has 1 heterocycles. The lowest BCUT2D eigenvalue weighted by atomic mass is 9.99. The third-order valence-electron chi connectivity index (χ3n) is 3.69. The average Bonchev–Trinajstić information content (AvgIpc) is 2.49. The third kappa shape index (κ3) is 2.79. The fourth-order valence-corrected chi connectivity index (χ4v) is 3.04. The number of hydrogen-bond donors (Lipinski definition) is 0. The van der Waals surface area contributed by atoms with Gasteiger partial charge in [0.1, 0.15) is 11.5 Å². The van der Waals surface area contributed by atoms with E-state index in [9.17, 15) is 4.79 Å². The lowest BCUT2D eigenvalue weighted by Gasteiger charge is -2.15. The highest BCUT2D eigenvalue weighted by molar-refractivity contribution is 14.1. The molecule has 0 aliphatic heterocycles. The van der Waals surface area contributed by atoms with Crippen LogP contribution in [-0.4, -0.2) is 18.8 Å². The van der Waals surface area contributed by atoms with E-state index in [4.69, 9.17) is 9.47 Å². The van der Waals surface area contributed by atoms with Crippen LogP contribution >= 0.6 is 22.6 Å². The Morgan fingerprint density at radius 2 is 1.57 bits per heavy atom. The molecule has 0 fully saturated rings. The summed E-state index contributed by atoms with van der Waals surface area (Å²) >= 11 is 2.20. The zero-order valence-electron chi connectivity index (χ0n) is 12.8. The molecule has 1 aromatic heterocycles. The Labute approximate surface area is 137 Å². The highest BCUT2D eigenvalue weighted by atomic mass is 127. The lowest BCUT2D eigenvalue weighted by molar-refractivity contribution is 0.389. The summed E-state index contributed by atoms with van der Waals surface area (Å²) in [6.07, 6.45) is 1.85. The van der Waals surface area contributed by atoms with E-state index in [1.54, 1.807) is 25.8 Å². The topological polar surface area (TPSA) is 40.5 Å². The number of benzene rings is 1. The minimum atomic E-state index is 0.0284. The minimum Gasteiger partial charge on any atom is -0.495 e. The molecular formula is C16H18INO3. The van der Waals surface area contributed by atoms with Gasteiger partial charge in [0.2, 0.25) is 0 Å². The molecule has 1 aromatic carbocycles. The van der Waals surface area contributed by atoms with Gasteiger partial charge in [0.25, 0.3) is 5.56 Å². The standard InChI is InChI=1S/C16H18INO3/c1-9-10(2)16(19)18(3)8-12(9)11-6-13(20-4)15(17)14(7-11)21-5/h6-8H,1-5H3. The van der Waals surface area contributed by atoms with E-state index in [-0.39, 0.29) is 5.56 Å². The molecular weight excluding hydrogens is 381 g/mol. The molecule has 5 heteroatoms. The molecule has 0 radical (unpaired) electrons. The Balaban J connectivity index is 2.76. The van der Waals surface area contributed by atoms with Crippen LogP contribution in [0.3, 0.4) is 0 Å². The second kappa shape index (κ2) is 6.09. The van der Waals surface area contributed by atoms with Crippen molar-refractivity contribution in [3.05, 3.63) is 43.4 Å². The van der Waals surface area contributed by atoms with Crippen molar-refractivity contribution in [2.75, 3.05) is 14.2 Å². The van der Waals surface area contributed by atoms with Crippen LogP contribution in [0.2, 0.25) is 0 Å². The first-order valence-electron chi connectivity index (χ1n) is 6.49. The Morgan fingerprint density at radius 1 is 1.05 bits per heavy atom. The van der Waals surface area contributed by atoms with E-state index < -0.39 is 0 Å². The van der Waals surface area contributed by atoms with Crippen molar-refractivity contribution in [3.8, 4) is 22.6 Å². The smallest absolute Gasteiger partial charge is 0.253 e. The number of rotatable bonds is 3. The zero-order valence-corrected chi connectivity index (χ0v) is 14.9. The van der Waals surface area contributed by atoms with Crippen LogP contribution in [0, 0.1) is 17.4 Å². The quantitative estimate of drug-likeness (QED) is 0.744. The van der Waals surface area contributed by atoms with Crippen LogP contribution in [0.1, 0.15) is 11.1 Å². The summed E-state index contributed by atoms with van der Waals surface area (Å²) in [6.45, 7) is 3.81. The van der Waals surface area contributed by atoms with E-state index in [0.717, 1.165) is 37.3 Å². The van der Waals surface area contributed by atoms with Gasteiger partial charge in [-0.1, -0.05) is 0 Å². The minimum absolute atomic E-state index is 0.0284. The number of nitrogens with zero attached hydrogens (tertiary/aromatic N) is 1.